The van der Waals surface area contributed by atoms with E-state index in [-0.39, 0.29) is 11.4 Å². The lowest BCUT2D eigenvalue weighted by Gasteiger charge is -1.87. The second kappa shape index (κ2) is 8.60. The van der Waals surface area contributed by atoms with Gasteiger partial charge in [0.15, 0.2) is 0 Å². The van der Waals surface area contributed by atoms with Crippen LogP contribution < -0.4 is 0 Å². The molecule has 0 amide bonds. The number of benzene rings is 2. The number of rotatable bonds is 1. The van der Waals surface area contributed by atoms with E-state index in [0.717, 1.165) is 5.56 Å². The quantitative estimate of drug-likeness (QED) is 0.674. The number of alkyl halides is 1. The molecule has 86 valence electrons. The zero-order chi connectivity index (χ0) is 10.9. The summed E-state index contributed by atoms with van der Waals surface area (Å²) < 4.78 is 11.7. The van der Waals surface area contributed by atoms with E-state index in [1.807, 2.05) is 36.4 Å². The number of hydrogen-bond donors (Lipinski definition) is 0. The molecule has 16 heavy (non-hydrogen) atoms. The molecule has 0 aromatic heterocycles. The smallest absolute Gasteiger partial charge is 0.115 e. The summed E-state index contributed by atoms with van der Waals surface area (Å²) in [5, 5.41) is 0. The summed E-state index contributed by atoms with van der Waals surface area (Å²) in [7, 11) is 0. The maximum atomic E-state index is 11.7. The molecule has 2 rings (SSSR count). The summed E-state index contributed by atoms with van der Waals surface area (Å²) in [5.74, 6) is 0. The highest BCUT2D eigenvalue weighted by atomic mass is 19.1. The molecule has 0 spiro atoms. The summed E-state index contributed by atoms with van der Waals surface area (Å²) in [6, 6.07) is 19.3. The standard InChI is InChI=1S/C7H7F.C7H8.FH/c8-6-7-4-2-1-3-5-7;1-7-5-3-2-4-6-7;/h1-5H,6H2;2-6H,1H3;1H. The molecule has 0 aliphatic carbocycles. The van der Waals surface area contributed by atoms with Gasteiger partial charge in [0.05, 0.1) is 0 Å². The third kappa shape index (κ3) is 5.91. The monoisotopic (exact) mass is 222 g/mol. The summed E-state index contributed by atoms with van der Waals surface area (Å²) in [6.45, 7) is 1.72. The Hall–Kier alpha value is -1.70. The van der Waals surface area contributed by atoms with E-state index in [1.165, 1.54) is 5.56 Å². The van der Waals surface area contributed by atoms with Crippen LogP contribution in [-0.4, -0.2) is 0 Å². The van der Waals surface area contributed by atoms with Crippen molar-refractivity contribution in [1.29, 1.82) is 0 Å². The fraction of sp³-hybridized carbons (Fsp3) is 0.143. The number of aryl methyl sites for hydroxylation is 1. The molecular formula is C14H16F2. The Morgan fingerprint density at radius 2 is 1.25 bits per heavy atom. The van der Waals surface area contributed by atoms with Crippen LogP contribution >= 0.6 is 0 Å². The minimum atomic E-state index is -0.360. The van der Waals surface area contributed by atoms with Crippen LogP contribution in [0.1, 0.15) is 11.1 Å². The Morgan fingerprint density at radius 1 is 0.812 bits per heavy atom. The first-order chi connectivity index (χ1) is 7.33. The minimum absolute atomic E-state index is 0. The molecule has 0 nitrogen and oxygen atoms in total. The van der Waals surface area contributed by atoms with Crippen LogP contribution in [0.4, 0.5) is 9.09 Å². The third-order valence-corrected chi connectivity index (χ3v) is 1.94. The van der Waals surface area contributed by atoms with Gasteiger partial charge in [-0.25, -0.2) is 4.39 Å². The van der Waals surface area contributed by atoms with E-state index in [0.29, 0.717) is 0 Å². The zero-order valence-electron chi connectivity index (χ0n) is 9.27. The Kier molecular flexibility index (Phi) is 7.68. The lowest BCUT2D eigenvalue weighted by molar-refractivity contribution is 0.485. The van der Waals surface area contributed by atoms with Gasteiger partial charge in [-0.2, -0.15) is 0 Å². The summed E-state index contributed by atoms with van der Waals surface area (Å²) >= 11 is 0. The topological polar surface area (TPSA) is 0 Å². The van der Waals surface area contributed by atoms with Gasteiger partial charge >= 0.3 is 0 Å². The van der Waals surface area contributed by atoms with Crippen molar-refractivity contribution in [2.45, 2.75) is 13.6 Å². The van der Waals surface area contributed by atoms with Crippen molar-refractivity contribution in [2.75, 3.05) is 0 Å². The van der Waals surface area contributed by atoms with Gasteiger partial charge in [-0.05, 0) is 12.5 Å². The largest absolute Gasteiger partial charge is 0.269 e. The zero-order valence-corrected chi connectivity index (χ0v) is 9.27. The average molecular weight is 222 g/mol. The van der Waals surface area contributed by atoms with Gasteiger partial charge in [-0.1, -0.05) is 66.2 Å². The molecule has 2 heteroatoms. The van der Waals surface area contributed by atoms with E-state index < -0.39 is 0 Å². The van der Waals surface area contributed by atoms with Gasteiger partial charge in [0.1, 0.15) is 6.67 Å². The maximum Gasteiger partial charge on any atom is 0.115 e. The molecule has 0 atom stereocenters. The van der Waals surface area contributed by atoms with Crippen molar-refractivity contribution in [3.63, 3.8) is 0 Å². The van der Waals surface area contributed by atoms with Crippen LogP contribution in [0, 0.1) is 6.92 Å². The van der Waals surface area contributed by atoms with Crippen molar-refractivity contribution in [1.82, 2.24) is 0 Å². The summed E-state index contributed by atoms with van der Waals surface area (Å²) in [4.78, 5) is 0. The Morgan fingerprint density at radius 3 is 1.50 bits per heavy atom. The molecule has 0 saturated heterocycles. The first-order valence-corrected chi connectivity index (χ1v) is 4.94. The third-order valence-electron chi connectivity index (χ3n) is 1.94. The molecule has 0 unspecified atom stereocenters. The highest BCUT2D eigenvalue weighted by Crippen LogP contribution is 1.98. The van der Waals surface area contributed by atoms with Crippen molar-refractivity contribution in [2.24, 2.45) is 0 Å². The molecule has 2 aromatic rings. The van der Waals surface area contributed by atoms with Gasteiger partial charge in [0.25, 0.3) is 0 Å². The number of halogens is 2. The lowest BCUT2D eigenvalue weighted by atomic mass is 10.2. The van der Waals surface area contributed by atoms with Gasteiger partial charge in [-0.15, -0.1) is 0 Å². The molecule has 0 fully saturated rings. The van der Waals surface area contributed by atoms with Gasteiger partial charge in [0.2, 0.25) is 0 Å². The second-order valence-electron chi connectivity index (χ2n) is 3.27. The fourth-order valence-corrected chi connectivity index (χ4v) is 1.10. The minimum Gasteiger partial charge on any atom is -0.269 e. The van der Waals surface area contributed by atoms with Crippen molar-refractivity contribution < 1.29 is 9.09 Å². The summed E-state index contributed by atoms with van der Waals surface area (Å²) in [5.41, 5.74) is 2.06. The average Bonchev–Trinajstić information content (AvgIpc) is 2.32. The molecule has 0 aliphatic rings. The van der Waals surface area contributed by atoms with Crippen LogP contribution in [0.3, 0.4) is 0 Å². The maximum absolute atomic E-state index is 11.7. The van der Waals surface area contributed by atoms with Crippen LogP contribution in [0.2, 0.25) is 0 Å². The molecular weight excluding hydrogens is 206 g/mol. The predicted molar refractivity (Wildman–Crippen MR) is 64.9 cm³/mol. The van der Waals surface area contributed by atoms with Crippen molar-refractivity contribution in [3.8, 4) is 0 Å². The molecule has 2 aromatic carbocycles. The van der Waals surface area contributed by atoms with Gasteiger partial charge in [-0.3, -0.25) is 4.70 Å². The SMILES string of the molecule is Cc1ccccc1.F.FCc1ccccc1. The normalized spacial score (nSPS) is 8.38. The first kappa shape index (κ1) is 14.3. The lowest BCUT2D eigenvalue weighted by Crippen LogP contribution is -1.72. The van der Waals surface area contributed by atoms with Gasteiger partial charge < -0.3 is 0 Å². The molecule has 0 aliphatic heterocycles. The summed E-state index contributed by atoms with van der Waals surface area (Å²) in [6.07, 6.45) is 0. The van der Waals surface area contributed by atoms with Gasteiger partial charge in [0, 0.05) is 0 Å². The Balaban J connectivity index is 0.000000267. The molecule has 0 radical (unpaired) electrons. The van der Waals surface area contributed by atoms with Crippen LogP contribution in [0.5, 0.6) is 0 Å². The van der Waals surface area contributed by atoms with Crippen molar-refractivity contribution >= 4 is 0 Å². The Labute approximate surface area is 95.1 Å². The molecule has 0 bridgehead atoms. The van der Waals surface area contributed by atoms with E-state index >= 15 is 0 Å². The first-order valence-electron chi connectivity index (χ1n) is 4.94. The van der Waals surface area contributed by atoms with Crippen molar-refractivity contribution in [3.05, 3.63) is 71.8 Å². The predicted octanol–water partition coefficient (Wildman–Crippen LogP) is 4.30. The highest BCUT2D eigenvalue weighted by Gasteiger charge is 1.82. The van der Waals surface area contributed by atoms with E-state index in [1.54, 1.807) is 12.1 Å². The van der Waals surface area contributed by atoms with Crippen LogP contribution in [0.25, 0.3) is 0 Å². The van der Waals surface area contributed by atoms with E-state index in [2.05, 4.69) is 19.1 Å². The van der Waals surface area contributed by atoms with E-state index in [9.17, 15) is 4.39 Å². The Bertz CT molecular complexity index is 357. The highest BCUT2D eigenvalue weighted by molar-refractivity contribution is 5.13. The molecule has 0 heterocycles. The molecule has 0 N–H and O–H groups in total. The number of hydrogen-bond acceptors (Lipinski definition) is 0. The van der Waals surface area contributed by atoms with Crippen LogP contribution in [-0.2, 0) is 6.67 Å². The van der Waals surface area contributed by atoms with E-state index in [4.69, 9.17) is 0 Å². The second-order valence-corrected chi connectivity index (χ2v) is 3.27. The fourth-order valence-electron chi connectivity index (χ4n) is 1.10. The van der Waals surface area contributed by atoms with Crippen LogP contribution in [0.15, 0.2) is 60.7 Å². The molecule has 0 saturated carbocycles.